The Kier molecular flexibility index (Phi) is 4.38. The molecule has 0 fully saturated rings. The summed E-state index contributed by atoms with van der Waals surface area (Å²) in [6, 6.07) is 11.2. The molecule has 2 heterocycles. The van der Waals surface area contributed by atoms with E-state index < -0.39 is 0 Å². The van der Waals surface area contributed by atoms with E-state index in [2.05, 4.69) is 48.0 Å². The standard InChI is InChI=1S/C17H21NOS/c1-13-5-2-7-15-16(8-3-11-19-17(13)15)18-10-9-14-6-4-12-20-14/h2,4-7,12,16,18H,3,8-11H2,1H3. The van der Waals surface area contributed by atoms with Gasteiger partial charge in [-0.05, 0) is 43.2 Å². The lowest BCUT2D eigenvalue weighted by Crippen LogP contribution is -2.23. The molecule has 3 rings (SSSR count). The molecule has 1 unspecified atom stereocenters. The highest BCUT2D eigenvalue weighted by Crippen LogP contribution is 2.33. The average molecular weight is 287 g/mol. The number of para-hydroxylation sites is 1. The maximum Gasteiger partial charge on any atom is 0.126 e. The van der Waals surface area contributed by atoms with Crippen LogP contribution in [0, 0.1) is 6.92 Å². The number of ether oxygens (including phenoxy) is 1. The summed E-state index contributed by atoms with van der Waals surface area (Å²) >= 11 is 1.84. The second kappa shape index (κ2) is 6.42. The number of rotatable bonds is 4. The maximum atomic E-state index is 5.92. The molecule has 0 spiro atoms. The van der Waals surface area contributed by atoms with Crippen LogP contribution in [-0.2, 0) is 6.42 Å². The van der Waals surface area contributed by atoms with Gasteiger partial charge >= 0.3 is 0 Å². The van der Waals surface area contributed by atoms with Gasteiger partial charge in [0.15, 0.2) is 0 Å². The van der Waals surface area contributed by atoms with Gasteiger partial charge in [0.1, 0.15) is 5.75 Å². The van der Waals surface area contributed by atoms with Gasteiger partial charge in [0.25, 0.3) is 0 Å². The third kappa shape index (κ3) is 3.05. The Labute approximate surface area is 124 Å². The minimum atomic E-state index is 0.423. The van der Waals surface area contributed by atoms with E-state index in [1.54, 1.807) is 0 Å². The zero-order valence-corrected chi connectivity index (χ0v) is 12.7. The molecule has 0 aliphatic carbocycles. The molecule has 0 saturated carbocycles. The molecule has 1 aromatic heterocycles. The van der Waals surface area contributed by atoms with Crippen LogP contribution >= 0.6 is 11.3 Å². The van der Waals surface area contributed by atoms with Crippen molar-refractivity contribution in [3.05, 3.63) is 51.7 Å². The van der Waals surface area contributed by atoms with E-state index in [4.69, 9.17) is 4.74 Å². The summed E-state index contributed by atoms with van der Waals surface area (Å²) in [6.07, 6.45) is 3.38. The zero-order valence-electron chi connectivity index (χ0n) is 11.9. The van der Waals surface area contributed by atoms with Crippen molar-refractivity contribution in [2.45, 2.75) is 32.2 Å². The van der Waals surface area contributed by atoms with Crippen LogP contribution in [0.1, 0.15) is 34.9 Å². The van der Waals surface area contributed by atoms with Crippen LogP contribution in [-0.4, -0.2) is 13.2 Å². The summed E-state index contributed by atoms with van der Waals surface area (Å²) in [5, 5.41) is 5.86. The molecule has 106 valence electrons. The molecule has 3 heteroatoms. The number of nitrogens with one attached hydrogen (secondary N) is 1. The zero-order chi connectivity index (χ0) is 13.8. The average Bonchev–Trinajstić information content (AvgIpc) is 2.87. The van der Waals surface area contributed by atoms with E-state index in [1.165, 1.54) is 16.0 Å². The highest BCUT2D eigenvalue weighted by Gasteiger charge is 2.20. The van der Waals surface area contributed by atoms with Gasteiger partial charge in [0.05, 0.1) is 6.61 Å². The van der Waals surface area contributed by atoms with E-state index in [-0.39, 0.29) is 0 Å². The Morgan fingerprint density at radius 3 is 3.10 bits per heavy atom. The summed E-state index contributed by atoms with van der Waals surface area (Å²) in [5.74, 6) is 1.10. The normalized spacial score (nSPS) is 18.1. The second-order valence-electron chi connectivity index (χ2n) is 5.32. The van der Waals surface area contributed by atoms with Crippen molar-refractivity contribution < 1.29 is 4.74 Å². The van der Waals surface area contributed by atoms with Gasteiger partial charge in [-0.15, -0.1) is 11.3 Å². The molecule has 2 aromatic rings. The fourth-order valence-corrected chi connectivity index (χ4v) is 3.51. The maximum absolute atomic E-state index is 5.92. The Bertz CT molecular complexity index is 550. The predicted octanol–water partition coefficient (Wildman–Crippen LogP) is 4.10. The third-order valence-electron chi connectivity index (χ3n) is 3.84. The van der Waals surface area contributed by atoms with Crippen LogP contribution in [0.25, 0.3) is 0 Å². The fraction of sp³-hybridized carbons (Fsp3) is 0.412. The van der Waals surface area contributed by atoms with Crippen molar-refractivity contribution in [3.8, 4) is 5.75 Å². The topological polar surface area (TPSA) is 21.3 Å². The molecular weight excluding hydrogens is 266 g/mol. The van der Waals surface area contributed by atoms with Crippen LogP contribution in [0.2, 0.25) is 0 Å². The quantitative estimate of drug-likeness (QED) is 0.914. The molecule has 1 aromatic carbocycles. The smallest absolute Gasteiger partial charge is 0.126 e. The van der Waals surface area contributed by atoms with E-state index >= 15 is 0 Å². The van der Waals surface area contributed by atoms with Gasteiger partial charge in [-0.1, -0.05) is 24.3 Å². The lowest BCUT2D eigenvalue weighted by atomic mass is 10.00. The first kappa shape index (κ1) is 13.7. The summed E-state index contributed by atoms with van der Waals surface area (Å²) in [4.78, 5) is 1.45. The lowest BCUT2D eigenvalue weighted by molar-refractivity contribution is 0.313. The summed E-state index contributed by atoms with van der Waals surface area (Å²) < 4.78 is 5.92. The molecule has 0 radical (unpaired) electrons. The van der Waals surface area contributed by atoms with E-state index in [9.17, 15) is 0 Å². The fourth-order valence-electron chi connectivity index (χ4n) is 2.80. The number of fused-ring (bicyclic) bond motifs is 1. The predicted molar refractivity (Wildman–Crippen MR) is 84.7 cm³/mol. The second-order valence-corrected chi connectivity index (χ2v) is 6.35. The van der Waals surface area contributed by atoms with Crippen LogP contribution in [0.5, 0.6) is 5.75 Å². The van der Waals surface area contributed by atoms with Crippen LogP contribution in [0.3, 0.4) is 0 Å². The van der Waals surface area contributed by atoms with Gasteiger partial charge in [-0.3, -0.25) is 0 Å². The molecule has 1 aliphatic rings. The minimum absolute atomic E-state index is 0.423. The minimum Gasteiger partial charge on any atom is -0.493 e. The van der Waals surface area contributed by atoms with Gasteiger partial charge in [-0.25, -0.2) is 0 Å². The Hall–Kier alpha value is -1.32. The van der Waals surface area contributed by atoms with Crippen molar-refractivity contribution in [2.75, 3.05) is 13.2 Å². The summed E-state index contributed by atoms with van der Waals surface area (Å²) in [5.41, 5.74) is 2.57. The van der Waals surface area contributed by atoms with E-state index in [1.807, 2.05) is 11.3 Å². The summed E-state index contributed by atoms with van der Waals surface area (Å²) in [6.45, 7) is 3.99. The van der Waals surface area contributed by atoms with Gasteiger partial charge in [-0.2, -0.15) is 0 Å². The third-order valence-corrected chi connectivity index (χ3v) is 4.78. The molecule has 1 aliphatic heterocycles. The van der Waals surface area contributed by atoms with Crippen LogP contribution in [0.15, 0.2) is 35.7 Å². The van der Waals surface area contributed by atoms with E-state index in [0.29, 0.717) is 6.04 Å². The van der Waals surface area contributed by atoms with Crippen molar-refractivity contribution in [1.82, 2.24) is 5.32 Å². The molecule has 1 N–H and O–H groups in total. The van der Waals surface area contributed by atoms with Crippen molar-refractivity contribution >= 4 is 11.3 Å². The Morgan fingerprint density at radius 1 is 1.30 bits per heavy atom. The first-order valence-corrected chi connectivity index (χ1v) is 8.20. The van der Waals surface area contributed by atoms with Crippen molar-refractivity contribution in [1.29, 1.82) is 0 Å². The molecular formula is C17H21NOS. The molecule has 0 amide bonds. The monoisotopic (exact) mass is 287 g/mol. The molecule has 20 heavy (non-hydrogen) atoms. The van der Waals surface area contributed by atoms with Crippen LogP contribution < -0.4 is 10.1 Å². The van der Waals surface area contributed by atoms with E-state index in [0.717, 1.165) is 38.2 Å². The number of hydrogen-bond donors (Lipinski definition) is 1. The van der Waals surface area contributed by atoms with Crippen molar-refractivity contribution in [2.24, 2.45) is 0 Å². The summed E-state index contributed by atoms with van der Waals surface area (Å²) in [7, 11) is 0. The largest absolute Gasteiger partial charge is 0.493 e. The SMILES string of the molecule is Cc1cccc2c1OCCCC2NCCc1cccs1. The number of aryl methyl sites for hydroxylation is 1. The van der Waals surface area contributed by atoms with Crippen LogP contribution in [0.4, 0.5) is 0 Å². The van der Waals surface area contributed by atoms with Gasteiger partial charge in [0, 0.05) is 23.0 Å². The molecule has 2 nitrogen and oxygen atoms in total. The number of benzene rings is 1. The highest BCUT2D eigenvalue weighted by atomic mass is 32.1. The number of hydrogen-bond acceptors (Lipinski definition) is 3. The van der Waals surface area contributed by atoms with Gasteiger partial charge < -0.3 is 10.1 Å². The highest BCUT2D eigenvalue weighted by molar-refractivity contribution is 7.09. The molecule has 1 atom stereocenters. The molecule has 0 bridgehead atoms. The number of thiophene rings is 1. The first-order valence-electron chi connectivity index (χ1n) is 7.32. The van der Waals surface area contributed by atoms with Crippen molar-refractivity contribution in [3.63, 3.8) is 0 Å². The lowest BCUT2D eigenvalue weighted by Gasteiger charge is -2.19. The Balaban J connectivity index is 1.68. The molecule has 0 saturated heterocycles. The van der Waals surface area contributed by atoms with Gasteiger partial charge in [0.2, 0.25) is 0 Å². The Morgan fingerprint density at radius 2 is 2.25 bits per heavy atom. The first-order chi connectivity index (χ1) is 9.84.